The zero-order valence-electron chi connectivity index (χ0n) is 12.2. The molecule has 0 aliphatic rings. The quantitative estimate of drug-likeness (QED) is 0.757. The van der Waals surface area contributed by atoms with Crippen molar-refractivity contribution in [1.82, 2.24) is 5.32 Å². The van der Waals surface area contributed by atoms with Crippen LogP contribution in [0.25, 0.3) is 0 Å². The number of nitrogens with two attached hydrogens (primary N) is 1. The Balaban J connectivity index is 2.46. The first-order chi connectivity index (χ1) is 9.32. The summed E-state index contributed by atoms with van der Waals surface area (Å²) in [7, 11) is 0. The van der Waals surface area contributed by atoms with Crippen molar-refractivity contribution in [2.45, 2.75) is 39.2 Å². The van der Waals surface area contributed by atoms with Gasteiger partial charge in [0.05, 0.1) is 4.99 Å². The molecule has 0 radical (unpaired) electrons. The molecule has 1 rings (SSSR count). The van der Waals surface area contributed by atoms with Crippen LogP contribution in [0.3, 0.4) is 0 Å². The summed E-state index contributed by atoms with van der Waals surface area (Å²) in [4.78, 5) is 12.2. The van der Waals surface area contributed by atoms with Crippen LogP contribution in [0, 0.1) is 0 Å². The summed E-state index contributed by atoms with van der Waals surface area (Å²) < 4.78 is 5.44. The van der Waals surface area contributed by atoms with Gasteiger partial charge < -0.3 is 15.8 Å². The van der Waals surface area contributed by atoms with Gasteiger partial charge in [0, 0.05) is 12.0 Å². The normalized spacial score (nSPS) is 10.9. The Morgan fingerprint density at radius 1 is 1.35 bits per heavy atom. The maximum Gasteiger partial charge on any atom is 0.258 e. The lowest BCUT2D eigenvalue weighted by molar-refractivity contribution is -0.124. The molecule has 3 N–H and O–H groups in total. The molecule has 5 heteroatoms. The van der Waals surface area contributed by atoms with Crippen molar-refractivity contribution in [2.24, 2.45) is 5.73 Å². The molecule has 0 fully saturated rings. The van der Waals surface area contributed by atoms with E-state index in [-0.39, 0.29) is 18.1 Å². The number of carbonyl (C=O) groups excluding carboxylic acids is 1. The highest BCUT2D eigenvalue weighted by Crippen LogP contribution is 2.13. The van der Waals surface area contributed by atoms with Crippen molar-refractivity contribution in [3.05, 3.63) is 29.8 Å². The predicted octanol–water partition coefficient (Wildman–Crippen LogP) is 2.20. The Kier molecular flexibility index (Phi) is 5.95. The van der Waals surface area contributed by atoms with E-state index in [0.717, 1.165) is 12.0 Å². The Labute approximate surface area is 125 Å². The predicted molar refractivity (Wildman–Crippen MR) is 84.9 cm³/mol. The first-order valence-electron chi connectivity index (χ1n) is 6.63. The highest BCUT2D eigenvalue weighted by Gasteiger charge is 2.17. The number of nitrogens with one attached hydrogen (secondary N) is 1. The molecule has 0 unspecified atom stereocenters. The Bertz CT molecular complexity index is 469. The molecule has 0 bridgehead atoms. The Hall–Kier alpha value is -1.62. The first-order valence-corrected chi connectivity index (χ1v) is 7.04. The van der Waals surface area contributed by atoms with Crippen LogP contribution in [0.15, 0.2) is 24.3 Å². The number of thiocarbonyl (C=S) groups is 1. The van der Waals surface area contributed by atoms with Crippen molar-refractivity contribution < 1.29 is 9.53 Å². The third kappa shape index (κ3) is 6.02. The molecule has 0 aliphatic carbocycles. The maximum absolute atomic E-state index is 11.7. The largest absolute Gasteiger partial charge is 0.484 e. The summed E-state index contributed by atoms with van der Waals surface area (Å²) in [5.41, 5.74) is 6.30. The number of rotatable bonds is 7. The van der Waals surface area contributed by atoms with Gasteiger partial charge in [-0.2, -0.15) is 0 Å². The Morgan fingerprint density at radius 3 is 2.45 bits per heavy atom. The lowest BCUT2D eigenvalue weighted by atomic mass is 10.0. The molecule has 0 spiro atoms. The highest BCUT2D eigenvalue weighted by atomic mass is 32.1. The molecule has 0 saturated heterocycles. The minimum atomic E-state index is -0.207. The van der Waals surface area contributed by atoms with E-state index in [2.05, 4.69) is 5.32 Å². The van der Waals surface area contributed by atoms with E-state index in [9.17, 15) is 4.79 Å². The van der Waals surface area contributed by atoms with Gasteiger partial charge in [-0.05, 0) is 38.0 Å². The van der Waals surface area contributed by atoms with Crippen LogP contribution in [0.1, 0.15) is 32.8 Å². The summed E-state index contributed by atoms with van der Waals surface area (Å²) in [6, 6.07) is 7.41. The van der Waals surface area contributed by atoms with Gasteiger partial charge in [0.2, 0.25) is 0 Å². The second kappa shape index (κ2) is 7.24. The molecule has 0 heterocycles. The molecule has 20 heavy (non-hydrogen) atoms. The Morgan fingerprint density at radius 2 is 1.95 bits per heavy atom. The third-order valence-corrected chi connectivity index (χ3v) is 3.18. The van der Waals surface area contributed by atoms with E-state index in [0.29, 0.717) is 17.2 Å². The average Bonchev–Trinajstić information content (AvgIpc) is 2.37. The fourth-order valence-electron chi connectivity index (χ4n) is 1.56. The molecule has 0 aliphatic heterocycles. The van der Waals surface area contributed by atoms with Gasteiger partial charge in [0.15, 0.2) is 6.61 Å². The molecular formula is C15H22N2O2S. The van der Waals surface area contributed by atoms with Crippen LogP contribution in [0.5, 0.6) is 5.75 Å². The van der Waals surface area contributed by atoms with Crippen LogP contribution in [0.2, 0.25) is 0 Å². The van der Waals surface area contributed by atoms with Crippen LogP contribution in [0.4, 0.5) is 0 Å². The van der Waals surface area contributed by atoms with Gasteiger partial charge in [-0.3, -0.25) is 4.79 Å². The molecule has 0 atom stereocenters. The van der Waals surface area contributed by atoms with E-state index < -0.39 is 0 Å². The molecule has 0 saturated carbocycles. The smallest absolute Gasteiger partial charge is 0.258 e. The fraction of sp³-hybridized carbons (Fsp3) is 0.467. The lowest BCUT2D eigenvalue weighted by Crippen LogP contribution is -2.44. The van der Waals surface area contributed by atoms with Crippen molar-refractivity contribution in [3.63, 3.8) is 0 Å². The van der Waals surface area contributed by atoms with E-state index in [4.69, 9.17) is 22.7 Å². The summed E-state index contributed by atoms with van der Waals surface area (Å²) in [6.07, 6.45) is 1.44. The molecule has 1 aromatic carbocycles. The summed E-state index contributed by atoms with van der Waals surface area (Å²) in [5, 5.41) is 2.92. The molecule has 110 valence electrons. The van der Waals surface area contributed by atoms with Crippen molar-refractivity contribution in [1.29, 1.82) is 0 Å². The van der Waals surface area contributed by atoms with Crippen LogP contribution >= 0.6 is 12.2 Å². The maximum atomic E-state index is 11.7. The molecular weight excluding hydrogens is 272 g/mol. The van der Waals surface area contributed by atoms with E-state index in [1.165, 1.54) is 0 Å². The minimum Gasteiger partial charge on any atom is -0.484 e. The van der Waals surface area contributed by atoms with E-state index >= 15 is 0 Å². The van der Waals surface area contributed by atoms with Crippen molar-refractivity contribution in [3.8, 4) is 5.75 Å². The van der Waals surface area contributed by atoms with E-state index in [1.54, 1.807) is 0 Å². The van der Waals surface area contributed by atoms with Crippen LogP contribution < -0.4 is 15.8 Å². The fourth-order valence-corrected chi connectivity index (χ4v) is 1.72. The number of ether oxygens (including phenoxy) is 1. The first kappa shape index (κ1) is 16.4. The summed E-state index contributed by atoms with van der Waals surface area (Å²) >= 11 is 4.85. The molecule has 0 aromatic heterocycles. The number of amides is 1. The number of carbonyl (C=O) groups is 1. The minimum absolute atomic E-state index is 0.0120. The van der Waals surface area contributed by atoms with Gasteiger partial charge in [-0.1, -0.05) is 31.3 Å². The number of hydrogen-bond donors (Lipinski definition) is 2. The molecule has 1 aromatic rings. The summed E-state index contributed by atoms with van der Waals surface area (Å²) in [5.74, 6) is 0.533. The summed E-state index contributed by atoms with van der Waals surface area (Å²) in [6.45, 7) is 6.00. The average molecular weight is 294 g/mol. The van der Waals surface area contributed by atoms with Gasteiger partial charge in [0.1, 0.15) is 5.75 Å². The van der Waals surface area contributed by atoms with Crippen LogP contribution in [-0.4, -0.2) is 23.0 Å². The zero-order chi connectivity index (χ0) is 15.2. The topological polar surface area (TPSA) is 64.3 Å². The zero-order valence-corrected chi connectivity index (χ0v) is 13.0. The second-order valence-electron chi connectivity index (χ2n) is 5.36. The molecule has 4 nitrogen and oxygen atoms in total. The van der Waals surface area contributed by atoms with Crippen molar-refractivity contribution >= 4 is 23.1 Å². The van der Waals surface area contributed by atoms with Gasteiger partial charge >= 0.3 is 0 Å². The lowest BCUT2D eigenvalue weighted by Gasteiger charge is -2.24. The number of benzene rings is 1. The van der Waals surface area contributed by atoms with Gasteiger partial charge in [0.25, 0.3) is 5.91 Å². The standard InChI is InChI=1S/C15H22N2O2S/c1-4-15(2,3)17-14(18)10-19-12-7-5-11(6-8-12)9-13(16)20/h5-8H,4,9-10H2,1-3H3,(H2,16,20)(H,17,18). The van der Waals surface area contributed by atoms with Crippen molar-refractivity contribution in [2.75, 3.05) is 6.61 Å². The van der Waals surface area contributed by atoms with Gasteiger partial charge in [-0.25, -0.2) is 0 Å². The molecule has 1 amide bonds. The monoisotopic (exact) mass is 294 g/mol. The highest BCUT2D eigenvalue weighted by molar-refractivity contribution is 7.80. The van der Waals surface area contributed by atoms with Gasteiger partial charge in [-0.15, -0.1) is 0 Å². The van der Waals surface area contributed by atoms with E-state index in [1.807, 2.05) is 45.0 Å². The van der Waals surface area contributed by atoms with Crippen LogP contribution in [-0.2, 0) is 11.2 Å². The SMILES string of the molecule is CCC(C)(C)NC(=O)COc1ccc(CC(N)=S)cc1. The second-order valence-corrected chi connectivity index (χ2v) is 5.89. The number of hydrogen-bond acceptors (Lipinski definition) is 3. The third-order valence-electron chi connectivity index (χ3n) is 3.03.